The zero-order valence-electron chi connectivity index (χ0n) is 15.3. The van der Waals surface area contributed by atoms with E-state index in [1.54, 1.807) is 42.6 Å². The van der Waals surface area contributed by atoms with Crippen LogP contribution in [0.3, 0.4) is 0 Å². The molecule has 0 aliphatic rings. The van der Waals surface area contributed by atoms with Crippen molar-refractivity contribution >= 4 is 21.5 Å². The van der Waals surface area contributed by atoms with Crippen LogP contribution in [0.5, 0.6) is 5.75 Å². The maximum Gasteiger partial charge on any atom is 0.265 e. The number of ether oxygens (including phenoxy) is 1. The molecule has 8 heteroatoms. The second-order valence-corrected chi connectivity index (χ2v) is 7.82. The fourth-order valence-electron chi connectivity index (χ4n) is 3.06. The Labute approximate surface area is 162 Å². The van der Waals surface area contributed by atoms with Crippen molar-refractivity contribution in [2.24, 2.45) is 0 Å². The fraction of sp³-hybridized carbons (Fsp3) is 0.100. The van der Waals surface area contributed by atoms with E-state index in [2.05, 4.69) is 14.7 Å². The quantitative estimate of drug-likeness (QED) is 0.560. The molecule has 0 bridgehead atoms. The van der Waals surface area contributed by atoms with Crippen molar-refractivity contribution in [3.8, 4) is 17.0 Å². The number of nitrogens with one attached hydrogen (secondary N) is 1. The number of aromatic nitrogens is 3. The average molecular weight is 394 g/mol. The van der Waals surface area contributed by atoms with Crippen molar-refractivity contribution in [1.29, 1.82) is 0 Å². The van der Waals surface area contributed by atoms with Gasteiger partial charge in [0.25, 0.3) is 10.0 Å². The largest absolute Gasteiger partial charge is 0.495 e. The molecule has 0 aliphatic carbocycles. The zero-order chi connectivity index (χ0) is 19.7. The first-order valence-corrected chi connectivity index (χ1v) is 10.0. The Balaban J connectivity index is 1.72. The molecule has 0 amide bonds. The van der Waals surface area contributed by atoms with Gasteiger partial charge in [-0.3, -0.25) is 9.12 Å². The molecule has 0 aliphatic heterocycles. The van der Waals surface area contributed by atoms with Gasteiger partial charge in [0.1, 0.15) is 10.6 Å². The highest BCUT2D eigenvalue weighted by Crippen LogP contribution is 2.28. The van der Waals surface area contributed by atoms with Gasteiger partial charge in [-0.1, -0.05) is 24.3 Å². The summed E-state index contributed by atoms with van der Waals surface area (Å²) in [6, 6.07) is 15.4. The van der Waals surface area contributed by atoms with Gasteiger partial charge in [0.2, 0.25) is 5.78 Å². The molecular weight excluding hydrogens is 376 g/mol. The van der Waals surface area contributed by atoms with Crippen LogP contribution < -0.4 is 9.46 Å². The van der Waals surface area contributed by atoms with Gasteiger partial charge in [-0.15, -0.1) is 0 Å². The van der Waals surface area contributed by atoms with Gasteiger partial charge in [0, 0.05) is 29.3 Å². The summed E-state index contributed by atoms with van der Waals surface area (Å²) >= 11 is 0. The Kier molecular flexibility index (Phi) is 4.48. The summed E-state index contributed by atoms with van der Waals surface area (Å²) in [6.45, 7) is 1.95. The van der Waals surface area contributed by atoms with Crippen molar-refractivity contribution in [2.45, 2.75) is 11.8 Å². The average Bonchev–Trinajstić information content (AvgIpc) is 3.05. The number of benzene rings is 2. The van der Waals surface area contributed by atoms with Crippen molar-refractivity contribution in [1.82, 2.24) is 14.4 Å². The molecule has 0 saturated heterocycles. The van der Waals surface area contributed by atoms with Crippen LogP contribution in [0.15, 0.2) is 71.9 Å². The molecule has 0 radical (unpaired) electrons. The predicted molar refractivity (Wildman–Crippen MR) is 107 cm³/mol. The smallest absolute Gasteiger partial charge is 0.265 e. The molecule has 142 valence electrons. The molecule has 0 atom stereocenters. The molecule has 0 fully saturated rings. The number of methoxy groups -OCH3 is 1. The number of fused-ring (bicyclic) bond motifs is 1. The fourth-order valence-corrected chi connectivity index (χ4v) is 4.28. The molecule has 2 aromatic heterocycles. The minimum absolute atomic E-state index is 0.0796. The first-order chi connectivity index (χ1) is 13.5. The molecule has 4 aromatic rings. The lowest BCUT2D eigenvalue weighted by Gasteiger charge is -2.12. The maximum absolute atomic E-state index is 12.8. The van der Waals surface area contributed by atoms with E-state index in [-0.39, 0.29) is 10.6 Å². The van der Waals surface area contributed by atoms with Gasteiger partial charge in [0.15, 0.2) is 0 Å². The zero-order valence-corrected chi connectivity index (χ0v) is 16.1. The van der Waals surface area contributed by atoms with Gasteiger partial charge in [0.05, 0.1) is 12.8 Å². The third-order valence-electron chi connectivity index (χ3n) is 4.39. The standard InChI is InChI=1S/C20H18N4O3S/c1-14-19(22-20-21-11-6-12-24(14)20)15-7-5-8-16(13-15)23-28(25,26)18-10-4-3-9-17(18)27-2/h3-13,23H,1-2H3. The molecule has 1 N–H and O–H groups in total. The molecule has 0 spiro atoms. The minimum Gasteiger partial charge on any atom is -0.495 e. The number of rotatable bonds is 5. The van der Waals surface area contributed by atoms with Crippen LogP contribution in [0.1, 0.15) is 5.69 Å². The summed E-state index contributed by atoms with van der Waals surface area (Å²) in [5.41, 5.74) is 2.90. The Bertz CT molecular complexity index is 1270. The maximum atomic E-state index is 12.8. The molecule has 28 heavy (non-hydrogen) atoms. The van der Waals surface area contributed by atoms with Gasteiger partial charge < -0.3 is 4.74 Å². The van der Waals surface area contributed by atoms with Crippen LogP contribution in [-0.2, 0) is 10.0 Å². The summed E-state index contributed by atoms with van der Waals surface area (Å²) in [5, 5.41) is 0. The monoisotopic (exact) mass is 394 g/mol. The highest BCUT2D eigenvalue weighted by Gasteiger charge is 2.19. The summed E-state index contributed by atoms with van der Waals surface area (Å²) in [5.74, 6) is 0.878. The molecule has 0 unspecified atom stereocenters. The second kappa shape index (κ2) is 6.97. The lowest BCUT2D eigenvalue weighted by Crippen LogP contribution is -2.14. The third kappa shape index (κ3) is 3.18. The Hall–Kier alpha value is -3.39. The number of sulfonamides is 1. The second-order valence-electron chi connectivity index (χ2n) is 6.17. The number of aryl methyl sites for hydroxylation is 1. The molecule has 4 rings (SSSR count). The van der Waals surface area contributed by atoms with E-state index in [9.17, 15) is 8.42 Å². The molecular formula is C20H18N4O3S. The van der Waals surface area contributed by atoms with E-state index in [1.807, 2.05) is 29.7 Å². The van der Waals surface area contributed by atoms with Crippen LogP contribution in [0.25, 0.3) is 17.0 Å². The molecule has 2 heterocycles. The third-order valence-corrected chi connectivity index (χ3v) is 5.81. The van der Waals surface area contributed by atoms with Crippen molar-refractivity contribution < 1.29 is 13.2 Å². The van der Waals surface area contributed by atoms with Crippen LogP contribution in [-0.4, -0.2) is 29.9 Å². The predicted octanol–water partition coefficient (Wildman–Crippen LogP) is 3.51. The number of hydrogen-bond donors (Lipinski definition) is 1. The van der Waals surface area contributed by atoms with Crippen LogP contribution in [0, 0.1) is 6.92 Å². The van der Waals surface area contributed by atoms with Gasteiger partial charge in [-0.05, 0) is 37.3 Å². The van der Waals surface area contributed by atoms with Gasteiger partial charge >= 0.3 is 0 Å². The van der Waals surface area contributed by atoms with E-state index in [0.717, 1.165) is 17.0 Å². The van der Waals surface area contributed by atoms with E-state index in [1.165, 1.54) is 13.2 Å². The first kappa shape index (κ1) is 18.0. The van der Waals surface area contributed by atoms with Crippen molar-refractivity contribution in [3.05, 3.63) is 72.7 Å². The van der Waals surface area contributed by atoms with Crippen molar-refractivity contribution in [2.75, 3.05) is 11.8 Å². The van der Waals surface area contributed by atoms with E-state index < -0.39 is 10.0 Å². The Morgan fingerprint density at radius 1 is 1.07 bits per heavy atom. The van der Waals surface area contributed by atoms with Crippen LogP contribution in [0.2, 0.25) is 0 Å². The van der Waals surface area contributed by atoms with E-state index in [0.29, 0.717) is 11.5 Å². The summed E-state index contributed by atoms with van der Waals surface area (Å²) < 4.78 is 35.3. The highest BCUT2D eigenvalue weighted by atomic mass is 32.2. The first-order valence-electron chi connectivity index (χ1n) is 8.55. The van der Waals surface area contributed by atoms with E-state index in [4.69, 9.17) is 4.74 Å². The van der Waals surface area contributed by atoms with E-state index >= 15 is 0 Å². The van der Waals surface area contributed by atoms with Gasteiger partial charge in [-0.2, -0.15) is 0 Å². The summed E-state index contributed by atoms with van der Waals surface area (Å²) in [7, 11) is -2.36. The molecule has 7 nitrogen and oxygen atoms in total. The van der Waals surface area contributed by atoms with Crippen LogP contribution >= 0.6 is 0 Å². The normalized spacial score (nSPS) is 11.5. The van der Waals surface area contributed by atoms with Crippen molar-refractivity contribution in [3.63, 3.8) is 0 Å². The number of hydrogen-bond acceptors (Lipinski definition) is 5. The molecule has 0 saturated carbocycles. The summed E-state index contributed by atoms with van der Waals surface area (Å²) in [4.78, 5) is 8.90. The summed E-state index contributed by atoms with van der Waals surface area (Å²) in [6.07, 6.45) is 3.58. The minimum atomic E-state index is -3.80. The number of anilines is 1. The highest BCUT2D eigenvalue weighted by molar-refractivity contribution is 7.92. The number of imidazole rings is 1. The lowest BCUT2D eigenvalue weighted by molar-refractivity contribution is 0.403. The Morgan fingerprint density at radius 2 is 1.89 bits per heavy atom. The topological polar surface area (TPSA) is 85.6 Å². The SMILES string of the molecule is COc1ccccc1S(=O)(=O)Nc1cccc(-c2nc3ncccn3c2C)c1. The number of nitrogens with zero attached hydrogens (tertiary/aromatic N) is 3. The van der Waals surface area contributed by atoms with Gasteiger partial charge in [-0.25, -0.2) is 18.4 Å². The lowest BCUT2D eigenvalue weighted by atomic mass is 10.1. The molecule has 2 aromatic carbocycles. The van der Waals surface area contributed by atoms with Crippen LogP contribution in [0.4, 0.5) is 5.69 Å². The Morgan fingerprint density at radius 3 is 2.68 bits per heavy atom. The number of para-hydroxylation sites is 1.